The summed E-state index contributed by atoms with van der Waals surface area (Å²) < 4.78 is 36.2. The predicted molar refractivity (Wildman–Crippen MR) is 73.1 cm³/mol. The van der Waals surface area contributed by atoms with Gasteiger partial charge in [-0.05, 0) is 18.2 Å². The number of benzene rings is 1. The Morgan fingerprint density at radius 1 is 1.33 bits per heavy atom. The fourth-order valence-corrected chi connectivity index (χ4v) is 3.07. The van der Waals surface area contributed by atoms with Crippen molar-refractivity contribution >= 4 is 45.4 Å². The Hall–Kier alpha value is -1.76. The van der Waals surface area contributed by atoms with Crippen LogP contribution in [-0.4, -0.2) is 29.7 Å². The summed E-state index contributed by atoms with van der Waals surface area (Å²) in [6.07, 6.45) is 1.11. The third-order valence-electron chi connectivity index (χ3n) is 2.63. The number of hydrogen-bond acceptors (Lipinski definition) is 9. The molecule has 2 rings (SSSR count). The molecule has 0 fully saturated rings. The van der Waals surface area contributed by atoms with Gasteiger partial charge in [-0.15, -0.1) is 4.33 Å². The maximum absolute atomic E-state index is 12.0. The Morgan fingerprint density at radius 2 is 2.00 bits per heavy atom. The van der Waals surface area contributed by atoms with Crippen LogP contribution in [0, 0.1) is 5.41 Å². The van der Waals surface area contributed by atoms with Crippen LogP contribution in [0.25, 0.3) is 6.08 Å². The second-order valence-electron chi connectivity index (χ2n) is 3.86. The Kier molecular flexibility index (Phi) is 4.13. The number of fused-ring (bicyclic) bond motifs is 1. The van der Waals surface area contributed by atoms with Crippen molar-refractivity contribution in [1.29, 1.82) is 5.41 Å². The van der Waals surface area contributed by atoms with E-state index in [1.807, 2.05) is 0 Å². The van der Waals surface area contributed by atoms with Crippen molar-refractivity contribution < 1.29 is 32.4 Å². The molecule has 0 heterocycles. The molecule has 21 heavy (non-hydrogen) atoms. The quantitative estimate of drug-likeness (QED) is 0.208. The highest BCUT2D eigenvalue weighted by Crippen LogP contribution is 2.35. The van der Waals surface area contributed by atoms with Crippen LogP contribution in [-0.2, 0) is 19.5 Å². The maximum Gasteiger partial charge on any atom is 0.297 e. The van der Waals surface area contributed by atoms with Crippen LogP contribution in [0.15, 0.2) is 21.9 Å². The largest absolute Gasteiger partial charge is 0.398 e. The van der Waals surface area contributed by atoms with Gasteiger partial charge < -0.3 is 5.73 Å². The molecule has 112 valence electrons. The first-order chi connectivity index (χ1) is 9.77. The van der Waals surface area contributed by atoms with Crippen molar-refractivity contribution in [2.24, 2.45) is 0 Å². The van der Waals surface area contributed by atoms with Crippen LogP contribution in [0.5, 0.6) is 0 Å². The highest BCUT2D eigenvalue weighted by Gasteiger charge is 2.31. The van der Waals surface area contributed by atoms with Gasteiger partial charge in [0.25, 0.3) is 10.1 Å². The molecule has 11 heteroatoms. The van der Waals surface area contributed by atoms with Crippen molar-refractivity contribution in [3.8, 4) is 0 Å². The second-order valence-corrected chi connectivity index (χ2v) is 5.96. The van der Waals surface area contributed by atoms with Crippen LogP contribution in [0.4, 0.5) is 5.69 Å². The van der Waals surface area contributed by atoms with Gasteiger partial charge in [-0.2, -0.15) is 8.42 Å². The number of ketones is 1. The Morgan fingerprint density at radius 3 is 2.57 bits per heavy atom. The van der Waals surface area contributed by atoms with E-state index in [9.17, 15) is 17.8 Å². The average molecular weight is 332 g/mol. The molecule has 5 N–H and O–H groups in total. The van der Waals surface area contributed by atoms with E-state index in [0.717, 1.165) is 12.1 Å². The lowest BCUT2D eigenvalue weighted by Gasteiger charge is -2.18. The van der Waals surface area contributed by atoms with Gasteiger partial charge in [-0.25, -0.2) is 5.26 Å². The van der Waals surface area contributed by atoms with Crippen LogP contribution in [0.2, 0.25) is 0 Å². The summed E-state index contributed by atoms with van der Waals surface area (Å²) in [4.78, 5) is 11.3. The first kappa shape index (κ1) is 15.6. The molecule has 0 spiro atoms. The Labute approximate surface area is 122 Å². The van der Waals surface area contributed by atoms with Crippen LogP contribution < -0.4 is 5.73 Å². The molecule has 0 radical (unpaired) electrons. The topological polar surface area (TPSA) is 160 Å². The SMILES string of the molecule is N=C1C(=O)c2ccc(N)c(S(=O)(=O)O)c2C=C1SOOO. The standard InChI is InChI=1S/C10H8N2O7S2/c11-6-2-1-4-5(10(6)21(15,16)17)3-7(20-19-18-14)8(12)9(4)13/h1-3,12,14H,11H2,(H,15,16,17). The number of nitrogens with one attached hydrogen (secondary N) is 1. The molecule has 1 aromatic rings. The molecule has 0 amide bonds. The number of nitrogen functional groups attached to an aromatic ring is 1. The summed E-state index contributed by atoms with van der Waals surface area (Å²) in [5.74, 6) is -0.790. The first-order valence-corrected chi connectivity index (χ1v) is 7.35. The van der Waals surface area contributed by atoms with Crippen LogP contribution >= 0.6 is 12.0 Å². The summed E-state index contributed by atoms with van der Waals surface area (Å²) in [5, 5.41) is 19.1. The molecule has 0 unspecified atom stereocenters. The molecule has 1 aliphatic carbocycles. The number of carbonyl (C=O) groups excluding carboxylic acids is 1. The molecule has 0 atom stereocenters. The monoisotopic (exact) mass is 332 g/mol. The summed E-state index contributed by atoms with van der Waals surface area (Å²) in [6, 6.07) is 2.39. The van der Waals surface area contributed by atoms with Gasteiger partial charge in [0.2, 0.25) is 5.78 Å². The number of nitrogens with two attached hydrogens (primary N) is 1. The number of anilines is 1. The molecule has 0 aromatic heterocycles. The van der Waals surface area contributed by atoms with Crippen molar-refractivity contribution in [2.75, 3.05) is 5.73 Å². The predicted octanol–water partition coefficient (Wildman–Crippen LogP) is 1.14. The van der Waals surface area contributed by atoms with Crippen LogP contribution in [0.3, 0.4) is 0 Å². The second kappa shape index (κ2) is 5.55. The van der Waals surface area contributed by atoms with Crippen molar-refractivity contribution in [3.05, 3.63) is 28.2 Å². The highest BCUT2D eigenvalue weighted by molar-refractivity contribution is 7.99. The number of allylic oxidation sites excluding steroid dienone is 1. The van der Waals surface area contributed by atoms with E-state index in [-0.39, 0.29) is 21.7 Å². The van der Waals surface area contributed by atoms with E-state index in [2.05, 4.69) is 9.37 Å². The fraction of sp³-hybridized carbons (Fsp3) is 0. The molecule has 1 aliphatic rings. The minimum absolute atomic E-state index is 0.101. The molecular weight excluding hydrogens is 324 g/mol. The summed E-state index contributed by atoms with van der Waals surface area (Å²) in [6.45, 7) is 0. The summed E-state index contributed by atoms with van der Waals surface area (Å²) in [5.41, 5.74) is 4.51. The van der Waals surface area contributed by atoms with E-state index < -0.39 is 26.5 Å². The molecule has 0 aliphatic heterocycles. The third-order valence-corrected chi connectivity index (χ3v) is 4.23. The fourth-order valence-electron chi connectivity index (χ4n) is 1.81. The lowest BCUT2D eigenvalue weighted by Crippen LogP contribution is -2.22. The lowest BCUT2D eigenvalue weighted by molar-refractivity contribution is -0.431. The minimum atomic E-state index is -4.68. The normalized spacial score (nSPS) is 14.9. The van der Waals surface area contributed by atoms with Gasteiger partial charge in [0.05, 0.1) is 22.6 Å². The zero-order valence-electron chi connectivity index (χ0n) is 10.1. The number of hydrogen-bond donors (Lipinski definition) is 4. The van der Waals surface area contributed by atoms with Crippen molar-refractivity contribution in [2.45, 2.75) is 4.90 Å². The van der Waals surface area contributed by atoms with Crippen molar-refractivity contribution in [3.63, 3.8) is 0 Å². The summed E-state index contributed by atoms with van der Waals surface area (Å²) >= 11 is 0.324. The molecule has 0 saturated carbocycles. The molecule has 0 saturated heterocycles. The Balaban J connectivity index is 2.72. The molecular formula is C10H8N2O7S2. The van der Waals surface area contributed by atoms with E-state index in [1.54, 1.807) is 0 Å². The summed E-state index contributed by atoms with van der Waals surface area (Å²) in [7, 11) is -4.68. The highest BCUT2D eigenvalue weighted by atomic mass is 32.2. The number of rotatable bonds is 4. The lowest BCUT2D eigenvalue weighted by atomic mass is 9.94. The zero-order chi connectivity index (χ0) is 15.8. The number of carbonyl (C=O) groups is 1. The maximum atomic E-state index is 12.0. The zero-order valence-corrected chi connectivity index (χ0v) is 11.7. The van der Waals surface area contributed by atoms with E-state index in [0.29, 0.717) is 12.0 Å². The average Bonchev–Trinajstić information content (AvgIpc) is 2.39. The first-order valence-electron chi connectivity index (χ1n) is 5.17. The smallest absolute Gasteiger partial charge is 0.297 e. The van der Waals surface area contributed by atoms with Gasteiger partial charge >= 0.3 is 0 Å². The van der Waals surface area contributed by atoms with Gasteiger partial charge in [0.15, 0.2) is 0 Å². The molecule has 1 aromatic carbocycles. The van der Waals surface area contributed by atoms with E-state index in [4.69, 9.17) is 16.4 Å². The van der Waals surface area contributed by atoms with Gasteiger partial charge in [-0.3, -0.25) is 14.8 Å². The van der Waals surface area contributed by atoms with Gasteiger partial charge in [0, 0.05) is 11.1 Å². The van der Waals surface area contributed by atoms with Crippen molar-refractivity contribution in [1.82, 2.24) is 0 Å². The van der Waals surface area contributed by atoms with Gasteiger partial charge in [0.1, 0.15) is 10.6 Å². The van der Waals surface area contributed by atoms with E-state index >= 15 is 0 Å². The molecule has 0 bridgehead atoms. The third kappa shape index (κ3) is 2.83. The van der Waals surface area contributed by atoms with Gasteiger partial charge in [-0.1, -0.05) is 5.04 Å². The molecule has 9 nitrogen and oxygen atoms in total. The van der Waals surface area contributed by atoms with E-state index in [1.165, 1.54) is 6.07 Å². The van der Waals surface area contributed by atoms with Crippen LogP contribution in [0.1, 0.15) is 15.9 Å². The minimum Gasteiger partial charge on any atom is -0.398 e. The number of Topliss-reactive ketones (excluding diaryl/α,β-unsaturated/α-hetero) is 1. The Bertz CT molecular complexity index is 770.